The van der Waals surface area contributed by atoms with Crippen molar-refractivity contribution in [1.29, 1.82) is 0 Å². The van der Waals surface area contributed by atoms with Crippen LogP contribution in [0.1, 0.15) is 12.5 Å². The number of hydrogen-bond acceptors (Lipinski definition) is 3. The first-order chi connectivity index (χ1) is 8.94. The van der Waals surface area contributed by atoms with Gasteiger partial charge in [-0.05, 0) is 24.1 Å². The van der Waals surface area contributed by atoms with E-state index >= 15 is 0 Å². The highest BCUT2D eigenvalue weighted by atomic mass is 35.5. The van der Waals surface area contributed by atoms with Crippen LogP contribution in [0.15, 0.2) is 18.2 Å². The quantitative estimate of drug-likeness (QED) is 0.798. The molecule has 0 aromatic heterocycles. The highest BCUT2D eigenvalue weighted by molar-refractivity contribution is 7.93. The maximum atomic E-state index is 12.1. The molecule has 19 heavy (non-hydrogen) atoms. The molecule has 2 N–H and O–H groups in total. The zero-order chi connectivity index (χ0) is 14.0. The molecular weight excluding hydrogens is 284 g/mol. The Kier molecular flexibility index (Phi) is 4.04. The first kappa shape index (κ1) is 14.2. The summed E-state index contributed by atoms with van der Waals surface area (Å²) in [5.74, 6) is 5.87. The Hall–Kier alpha value is -1.22. The number of nitrogens with two attached hydrogens (primary N) is 1. The smallest absolute Gasteiger partial charge is 0.235 e. The van der Waals surface area contributed by atoms with Crippen molar-refractivity contribution in [3.05, 3.63) is 28.8 Å². The Balaban J connectivity index is 2.44. The fourth-order valence-corrected chi connectivity index (χ4v) is 4.29. The van der Waals surface area contributed by atoms with Crippen molar-refractivity contribution in [1.82, 2.24) is 0 Å². The summed E-state index contributed by atoms with van der Waals surface area (Å²) >= 11 is 6.11. The Morgan fingerprint density at radius 1 is 1.53 bits per heavy atom. The lowest BCUT2D eigenvalue weighted by molar-refractivity contribution is 0.598. The lowest BCUT2D eigenvalue weighted by Crippen LogP contribution is -2.25. The second-order valence-electron chi connectivity index (χ2n) is 4.59. The van der Waals surface area contributed by atoms with E-state index in [1.165, 1.54) is 4.31 Å². The van der Waals surface area contributed by atoms with Crippen molar-refractivity contribution in [2.24, 2.45) is 11.7 Å². The molecule has 6 heteroatoms. The van der Waals surface area contributed by atoms with Crippen molar-refractivity contribution < 1.29 is 8.42 Å². The Labute approximate surface area is 118 Å². The van der Waals surface area contributed by atoms with Gasteiger partial charge in [0.05, 0.1) is 23.0 Å². The van der Waals surface area contributed by atoms with Crippen molar-refractivity contribution in [3.8, 4) is 11.8 Å². The van der Waals surface area contributed by atoms with E-state index in [1.807, 2.05) is 6.92 Å². The van der Waals surface area contributed by atoms with E-state index in [2.05, 4.69) is 11.8 Å². The molecule has 0 radical (unpaired) electrons. The number of anilines is 1. The molecule has 0 spiro atoms. The van der Waals surface area contributed by atoms with Crippen LogP contribution in [0.2, 0.25) is 5.02 Å². The van der Waals surface area contributed by atoms with Gasteiger partial charge in [0.2, 0.25) is 10.0 Å². The predicted molar refractivity (Wildman–Crippen MR) is 77.7 cm³/mol. The third kappa shape index (κ3) is 3.03. The highest BCUT2D eigenvalue weighted by Gasteiger charge is 2.34. The number of sulfonamides is 1. The van der Waals surface area contributed by atoms with E-state index in [9.17, 15) is 8.42 Å². The zero-order valence-electron chi connectivity index (χ0n) is 10.6. The Bertz CT molecular complexity index is 646. The Morgan fingerprint density at radius 2 is 2.26 bits per heavy atom. The minimum atomic E-state index is -3.27. The van der Waals surface area contributed by atoms with Gasteiger partial charge in [0.1, 0.15) is 0 Å². The van der Waals surface area contributed by atoms with E-state index in [0.717, 1.165) is 0 Å². The lowest BCUT2D eigenvalue weighted by Gasteiger charge is -2.18. The molecule has 1 aliphatic rings. The molecule has 1 fully saturated rings. The van der Waals surface area contributed by atoms with Gasteiger partial charge in [-0.1, -0.05) is 30.4 Å². The minimum absolute atomic E-state index is 0.0971. The van der Waals surface area contributed by atoms with Crippen molar-refractivity contribution in [3.63, 3.8) is 0 Å². The summed E-state index contributed by atoms with van der Waals surface area (Å²) in [6.07, 6.45) is 0. The summed E-state index contributed by atoms with van der Waals surface area (Å²) in [4.78, 5) is 0. The maximum Gasteiger partial charge on any atom is 0.235 e. The van der Waals surface area contributed by atoms with Crippen LogP contribution in [0.5, 0.6) is 0 Å². The molecule has 1 aromatic rings. The zero-order valence-corrected chi connectivity index (χ0v) is 12.1. The number of rotatable bonds is 1. The summed E-state index contributed by atoms with van der Waals surface area (Å²) < 4.78 is 25.5. The number of nitrogens with zero attached hydrogens (tertiary/aromatic N) is 1. The molecule has 0 amide bonds. The molecule has 1 aromatic carbocycles. The second-order valence-corrected chi connectivity index (χ2v) is 6.93. The van der Waals surface area contributed by atoms with Crippen LogP contribution in [0.4, 0.5) is 5.69 Å². The molecule has 102 valence electrons. The van der Waals surface area contributed by atoms with E-state index in [-0.39, 0.29) is 18.2 Å². The minimum Gasteiger partial charge on any atom is -0.320 e. The van der Waals surface area contributed by atoms with Gasteiger partial charge in [-0.2, -0.15) is 0 Å². The second kappa shape index (κ2) is 5.41. The van der Waals surface area contributed by atoms with Gasteiger partial charge in [-0.25, -0.2) is 8.42 Å². The normalized spacial score (nSPS) is 21.0. The lowest BCUT2D eigenvalue weighted by atomic mass is 10.2. The third-order valence-electron chi connectivity index (χ3n) is 2.86. The van der Waals surface area contributed by atoms with Crippen LogP contribution >= 0.6 is 11.6 Å². The summed E-state index contributed by atoms with van der Waals surface area (Å²) in [7, 11) is -3.27. The van der Waals surface area contributed by atoms with Gasteiger partial charge < -0.3 is 5.73 Å². The molecule has 1 heterocycles. The first-order valence-corrected chi connectivity index (χ1v) is 7.91. The molecule has 1 aliphatic heterocycles. The Morgan fingerprint density at radius 3 is 2.84 bits per heavy atom. The predicted octanol–water partition coefficient (Wildman–Crippen LogP) is 1.44. The van der Waals surface area contributed by atoms with E-state index in [1.54, 1.807) is 18.2 Å². The third-order valence-corrected chi connectivity index (χ3v) is 5.19. The van der Waals surface area contributed by atoms with Crippen LogP contribution in [-0.4, -0.2) is 27.3 Å². The number of halogens is 1. The SMILES string of the molecule is CC1CN(c2cc(C#CCN)ccc2Cl)S(=O)(=O)C1. The van der Waals surface area contributed by atoms with Crippen molar-refractivity contribution in [2.75, 3.05) is 23.1 Å². The maximum absolute atomic E-state index is 12.1. The van der Waals surface area contributed by atoms with Crippen LogP contribution in [0.3, 0.4) is 0 Å². The number of benzene rings is 1. The summed E-state index contributed by atoms with van der Waals surface area (Å²) in [6, 6.07) is 5.11. The molecular formula is C13H15ClN2O2S. The standard InChI is InChI=1S/C13H15ClN2O2S/c1-10-8-16(19(17,18)9-10)13-7-11(3-2-6-15)4-5-12(13)14/h4-5,7,10H,6,8-9,15H2,1H3. The van der Waals surface area contributed by atoms with Gasteiger partial charge in [0, 0.05) is 12.1 Å². The molecule has 2 rings (SSSR count). The van der Waals surface area contributed by atoms with Crippen LogP contribution < -0.4 is 10.0 Å². The van der Waals surface area contributed by atoms with Crippen molar-refractivity contribution in [2.45, 2.75) is 6.92 Å². The van der Waals surface area contributed by atoms with Gasteiger partial charge in [0.25, 0.3) is 0 Å². The molecule has 0 bridgehead atoms. The average molecular weight is 299 g/mol. The van der Waals surface area contributed by atoms with Gasteiger partial charge in [0.15, 0.2) is 0 Å². The fourth-order valence-electron chi connectivity index (χ4n) is 2.08. The molecule has 1 saturated heterocycles. The fraction of sp³-hybridized carbons (Fsp3) is 0.385. The van der Waals surface area contributed by atoms with Gasteiger partial charge in [-0.3, -0.25) is 4.31 Å². The molecule has 0 aliphatic carbocycles. The van der Waals surface area contributed by atoms with Crippen LogP contribution in [0, 0.1) is 17.8 Å². The molecule has 0 saturated carbocycles. The largest absolute Gasteiger partial charge is 0.320 e. The van der Waals surface area contributed by atoms with Gasteiger partial charge >= 0.3 is 0 Å². The summed E-state index contributed by atoms with van der Waals surface area (Å²) in [6.45, 7) is 2.62. The summed E-state index contributed by atoms with van der Waals surface area (Å²) in [5.41, 5.74) is 6.52. The highest BCUT2D eigenvalue weighted by Crippen LogP contribution is 2.33. The first-order valence-electron chi connectivity index (χ1n) is 5.93. The number of hydrogen-bond donors (Lipinski definition) is 1. The molecule has 1 unspecified atom stereocenters. The molecule has 4 nitrogen and oxygen atoms in total. The van der Waals surface area contributed by atoms with E-state index in [4.69, 9.17) is 17.3 Å². The monoisotopic (exact) mass is 298 g/mol. The average Bonchev–Trinajstić information content (AvgIpc) is 2.61. The van der Waals surface area contributed by atoms with Crippen molar-refractivity contribution >= 4 is 27.3 Å². The van der Waals surface area contributed by atoms with Crippen LogP contribution in [0.25, 0.3) is 0 Å². The van der Waals surface area contributed by atoms with Crippen LogP contribution in [-0.2, 0) is 10.0 Å². The van der Waals surface area contributed by atoms with E-state index in [0.29, 0.717) is 22.8 Å². The van der Waals surface area contributed by atoms with E-state index < -0.39 is 10.0 Å². The summed E-state index contributed by atoms with van der Waals surface area (Å²) in [5, 5.41) is 0.413. The van der Waals surface area contributed by atoms with Gasteiger partial charge in [-0.15, -0.1) is 0 Å². The molecule has 1 atom stereocenters. The topological polar surface area (TPSA) is 63.4 Å².